The molecule has 0 atom stereocenters. The molecule has 5 aromatic carbocycles. The first kappa shape index (κ1) is 51.5. The normalized spacial score (nSPS) is 12.9. The van der Waals surface area contributed by atoms with Crippen molar-refractivity contribution >= 4 is 38.4 Å². The Morgan fingerprint density at radius 2 is 1.60 bits per heavy atom. The van der Waals surface area contributed by atoms with Crippen molar-refractivity contribution in [2.75, 3.05) is 31.0 Å². The summed E-state index contributed by atoms with van der Waals surface area (Å²) in [5, 5.41) is 13.6. The quantitative estimate of drug-likeness (QED) is 0.0422. The molecule has 1 saturated heterocycles. The monoisotopic (exact) mass is 1020 g/mol. The zero-order valence-electron chi connectivity index (χ0n) is 39.3. The minimum absolute atomic E-state index is 0.0512. The lowest BCUT2D eigenvalue weighted by molar-refractivity contribution is -0.137. The van der Waals surface area contributed by atoms with E-state index in [4.69, 9.17) is 15.9 Å². The smallest absolute Gasteiger partial charge is 0.416 e. The summed E-state index contributed by atoms with van der Waals surface area (Å²) in [6.45, 7) is 2.89. The van der Waals surface area contributed by atoms with E-state index in [0.29, 0.717) is 103 Å². The maximum atomic E-state index is 13.8. The van der Waals surface area contributed by atoms with Crippen molar-refractivity contribution in [3.05, 3.63) is 167 Å². The largest absolute Gasteiger partial charge is 0.493 e. The molecule has 8 rings (SSSR count). The Bertz CT molecular complexity index is 3260. The molecule has 3 heterocycles. The number of piperidine rings is 1. The molecule has 2 aromatic heterocycles. The van der Waals surface area contributed by atoms with Crippen LogP contribution in [0.4, 0.5) is 18.3 Å². The number of ketones is 1. The maximum absolute atomic E-state index is 13.8. The number of anilines is 1. The Morgan fingerprint density at radius 1 is 0.863 bits per heavy atom. The second kappa shape index (κ2) is 23.6. The Labute approximate surface area is 425 Å². The number of rotatable bonds is 20. The van der Waals surface area contributed by atoms with E-state index in [1.165, 1.54) is 30.6 Å². The van der Waals surface area contributed by atoms with E-state index in [1.807, 2.05) is 29.2 Å². The molecule has 1 aliphatic heterocycles. The van der Waals surface area contributed by atoms with Gasteiger partial charge in [0.05, 0.1) is 28.3 Å². The van der Waals surface area contributed by atoms with Crippen LogP contribution in [0.25, 0.3) is 22.3 Å². The van der Waals surface area contributed by atoms with Gasteiger partial charge < -0.3 is 19.7 Å². The number of ether oxygens (including phenoxy) is 2. The van der Waals surface area contributed by atoms with E-state index in [2.05, 4.69) is 30.3 Å². The van der Waals surface area contributed by atoms with Crippen LogP contribution in [0.5, 0.6) is 17.2 Å². The van der Waals surface area contributed by atoms with Crippen LogP contribution < -0.4 is 19.5 Å². The van der Waals surface area contributed by atoms with E-state index in [0.717, 1.165) is 48.5 Å². The number of nitriles is 1. The molecule has 0 bridgehead atoms. The third-order valence-electron chi connectivity index (χ3n) is 12.3. The van der Waals surface area contributed by atoms with E-state index in [1.54, 1.807) is 72.9 Å². The highest BCUT2D eigenvalue weighted by Gasteiger charge is 2.31. The van der Waals surface area contributed by atoms with Gasteiger partial charge in [0.2, 0.25) is 11.0 Å². The molecule has 2 N–H and O–H groups in total. The molecule has 0 radical (unpaired) electrons. The molecule has 13 nitrogen and oxygen atoms in total. The first-order valence-electron chi connectivity index (χ1n) is 23.3. The molecule has 1 amide bonds. The van der Waals surface area contributed by atoms with Gasteiger partial charge in [-0.2, -0.15) is 22.8 Å². The first-order chi connectivity index (χ1) is 35.3. The SMILES string of the molecule is C#CCCOc1ccc(C(=O)c2ccc(CCC(=O)N3CCC(CCNCc4cc(-c5cc(-c6cccc(C(F)(F)F)c6)ccc5Oc5ccc(S(=O)(=O)Nc6ncns6)cc5C#N)ccn4)CC3)cc2)cc1. The molecule has 73 heavy (non-hydrogen) atoms. The minimum Gasteiger partial charge on any atom is -0.493 e. The van der Waals surface area contributed by atoms with Gasteiger partial charge in [-0.25, -0.2) is 13.4 Å². The van der Waals surface area contributed by atoms with Crippen LogP contribution in [-0.2, 0) is 34.0 Å². The number of aromatic nitrogens is 3. The summed E-state index contributed by atoms with van der Waals surface area (Å²) in [6, 6.07) is 33.7. The molecule has 0 unspecified atom stereocenters. The summed E-state index contributed by atoms with van der Waals surface area (Å²) in [5.74, 6) is 3.92. The summed E-state index contributed by atoms with van der Waals surface area (Å²) in [6.07, 6.45) is 7.67. The number of hydrogen-bond donors (Lipinski definition) is 2. The van der Waals surface area contributed by atoms with Crippen LogP contribution in [-0.4, -0.2) is 65.6 Å². The second-order valence-electron chi connectivity index (χ2n) is 17.2. The van der Waals surface area contributed by atoms with E-state index in [-0.39, 0.29) is 38.8 Å². The topological polar surface area (TPSA) is 176 Å². The first-order valence-corrected chi connectivity index (χ1v) is 25.6. The number of nitrogens with one attached hydrogen (secondary N) is 2. The summed E-state index contributed by atoms with van der Waals surface area (Å²) in [5.41, 5.74) is 3.84. The fraction of sp³-hybridized carbons (Fsp3) is 0.236. The average molecular weight is 1020 g/mol. The number of hydrogen-bond acceptors (Lipinski definition) is 12. The molecule has 1 fully saturated rings. The van der Waals surface area contributed by atoms with Gasteiger partial charge in [-0.1, -0.05) is 42.5 Å². The molecule has 0 spiro atoms. The lowest BCUT2D eigenvalue weighted by Gasteiger charge is -2.32. The van der Waals surface area contributed by atoms with Crippen molar-refractivity contribution in [1.82, 2.24) is 24.6 Å². The number of benzene rings is 5. The highest BCUT2D eigenvalue weighted by atomic mass is 32.2. The Morgan fingerprint density at radius 3 is 2.32 bits per heavy atom. The van der Waals surface area contributed by atoms with Crippen molar-refractivity contribution < 1.29 is 40.7 Å². The zero-order chi connectivity index (χ0) is 51.4. The fourth-order valence-corrected chi connectivity index (χ4v) is 10.0. The van der Waals surface area contributed by atoms with E-state index < -0.39 is 21.8 Å². The van der Waals surface area contributed by atoms with Crippen LogP contribution in [0.1, 0.15) is 70.4 Å². The number of likely N-dealkylation sites (tertiary alicyclic amines) is 1. The lowest BCUT2D eigenvalue weighted by Crippen LogP contribution is -2.39. The highest BCUT2D eigenvalue weighted by Crippen LogP contribution is 2.40. The highest BCUT2D eigenvalue weighted by molar-refractivity contribution is 7.93. The molecular formula is C55H48F3N7O6S2. The summed E-state index contributed by atoms with van der Waals surface area (Å²) < 4.78 is 85.4. The van der Waals surface area contributed by atoms with Gasteiger partial charge in [-0.3, -0.25) is 19.3 Å². The molecular weight excluding hydrogens is 976 g/mol. The van der Waals surface area contributed by atoms with Crippen LogP contribution >= 0.6 is 11.5 Å². The van der Waals surface area contributed by atoms with Gasteiger partial charge in [-0.15, -0.1) is 12.3 Å². The molecule has 1 aliphatic rings. The number of carbonyl (C=O) groups excluding carboxylic acids is 2. The molecule has 7 aromatic rings. The van der Waals surface area contributed by atoms with Gasteiger partial charge in [0, 0.05) is 66.9 Å². The third-order valence-corrected chi connectivity index (χ3v) is 14.3. The van der Waals surface area contributed by atoms with Crippen LogP contribution in [0, 0.1) is 29.6 Å². The van der Waals surface area contributed by atoms with Crippen molar-refractivity contribution in [2.24, 2.45) is 5.92 Å². The summed E-state index contributed by atoms with van der Waals surface area (Å²) in [4.78, 5) is 36.4. The number of terminal acetylenes is 1. The number of sulfonamides is 1. The number of nitrogens with zero attached hydrogens (tertiary/aromatic N) is 5. The molecule has 372 valence electrons. The van der Waals surface area contributed by atoms with E-state index >= 15 is 0 Å². The van der Waals surface area contributed by atoms with Crippen molar-refractivity contribution in [1.29, 1.82) is 5.26 Å². The van der Waals surface area contributed by atoms with Crippen molar-refractivity contribution in [2.45, 2.75) is 56.1 Å². The van der Waals surface area contributed by atoms with Crippen LogP contribution in [0.15, 0.2) is 139 Å². The number of carbonyl (C=O) groups is 2. The zero-order valence-corrected chi connectivity index (χ0v) is 40.9. The fourth-order valence-electron chi connectivity index (χ4n) is 8.33. The van der Waals surface area contributed by atoms with Gasteiger partial charge in [0.25, 0.3) is 10.0 Å². The average Bonchev–Trinajstić information content (AvgIpc) is 3.92. The maximum Gasteiger partial charge on any atom is 0.416 e. The number of amides is 1. The van der Waals surface area contributed by atoms with Gasteiger partial charge in [-0.05, 0) is 139 Å². The predicted octanol–water partition coefficient (Wildman–Crippen LogP) is 10.7. The van der Waals surface area contributed by atoms with Crippen LogP contribution in [0.2, 0.25) is 0 Å². The third kappa shape index (κ3) is 13.5. The van der Waals surface area contributed by atoms with Crippen LogP contribution in [0.3, 0.4) is 0 Å². The second-order valence-corrected chi connectivity index (χ2v) is 19.7. The lowest BCUT2D eigenvalue weighted by atomic mass is 9.93. The number of halogens is 3. The predicted molar refractivity (Wildman–Crippen MR) is 271 cm³/mol. The minimum atomic E-state index is -4.55. The Hall–Kier alpha value is -7.90. The molecule has 0 aliphatic carbocycles. The van der Waals surface area contributed by atoms with Gasteiger partial charge in [0.1, 0.15) is 29.6 Å². The number of pyridine rings is 1. The van der Waals surface area contributed by atoms with Gasteiger partial charge >= 0.3 is 6.18 Å². The van der Waals surface area contributed by atoms with Crippen molar-refractivity contribution in [3.8, 4) is 57.9 Å². The Balaban J connectivity index is 0.857. The van der Waals surface area contributed by atoms with E-state index in [9.17, 15) is 36.4 Å². The number of alkyl halides is 3. The summed E-state index contributed by atoms with van der Waals surface area (Å²) >= 11 is 0.850. The van der Waals surface area contributed by atoms with Crippen molar-refractivity contribution in [3.63, 3.8) is 0 Å². The molecule has 18 heteroatoms. The van der Waals surface area contributed by atoms with Gasteiger partial charge in [0.15, 0.2) is 5.78 Å². The summed E-state index contributed by atoms with van der Waals surface area (Å²) in [7, 11) is -4.12. The standard InChI is InChI=1S/C55H48F3N7O6S2/c1-2-3-29-70-47-15-12-40(13-16-47)53(67)39-10-7-37(8-11-39)9-20-52(66)65-27-23-38(24-28-65)21-25-60-35-46-31-43(22-26-61-46)49-33-42(41-5-4-6-45(30-41)55(56,57)58)14-18-51(49)71-50-19-17-48(32-44(50)34-59)73(68,69)64-54-62-36-63-72-54/h1,4-8,10-19,22,26,30-33,36,38,60H,3,9,20-21,23-25,27-29,35H2,(H,62,63,64). The number of aryl methyl sites for hydroxylation is 1. The molecule has 0 saturated carbocycles. The Kier molecular flexibility index (Phi) is 16.6.